The van der Waals surface area contributed by atoms with Gasteiger partial charge in [0.15, 0.2) is 0 Å². The Hall–Kier alpha value is -0.680. The smallest absolute Gasteiger partial charge is 0.313 e. The van der Waals surface area contributed by atoms with Crippen LogP contribution >= 0.6 is 27.7 Å². The Morgan fingerprint density at radius 2 is 1.88 bits per heavy atom. The van der Waals surface area contributed by atoms with Crippen LogP contribution in [0.25, 0.3) is 0 Å². The van der Waals surface area contributed by atoms with Gasteiger partial charge in [-0.3, -0.25) is 4.79 Å². The van der Waals surface area contributed by atoms with Gasteiger partial charge >= 0.3 is 5.97 Å². The van der Waals surface area contributed by atoms with Crippen molar-refractivity contribution >= 4 is 33.7 Å². The van der Waals surface area contributed by atoms with Crippen LogP contribution in [0.4, 0.5) is 0 Å². The Morgan fingerprint density at radius 1 is 1.29 bits per heavy atom. The summed E-state index contributed by atoms with van der Waals surface area (Å²) in [5.74, 6) is -0.0215. The molecule has 5 heteroatoms. The van der Waals surface area contributed by atoms with Gasteiger partial charge in [-0.25, -0.2) is 0 Å². The van der Waals surface area contributed by atoms with Crippen molar-refractivity contribution in [1.29, 1.82) is 0 Å². The van der Waals surface area contributed by atoms with Gasteiger partial charge in [-0.05, 0) is 37.5 Å². The predicted octanol–water partition coefficient (Wildman–Crippen LogP) is 3.56. The van der Waals surface area contributed by atoms with E-state index < -0.39 is 5.97 Å². The molecule has 0 radical (unpaired) electrons. The Bertz CT molecular complexity index is 458. The molecule has 1 aromatic carbocycles. The van der Waals surface area contributed by atoms with Crippen molar-refractivity contribution in [3.8, 4) is 5.75 Å². The summed E-state index contributed by atoms with van der Waals surface area (Å²) in [5, 5.41) is 8.75. The van der Waals surface area contributed by atoms with Crippen molar-refractivity contribution in [1.82, 2.24) is 0 Å². The highest BCUT2D eigenvalue weighted by Gasteiger charge is 2.17. The molecule has 0 amide bonds. The van der Waals surface area contributed by atoms with Crippen molar-refractivity contribution in [3.63, 3.8) is 0 Å². The lowest BCUT2D eigenvalue weighted by atomic mass is 10.1. The molecule has 0 aliphatic carbocycles. The molecule has 1 rings (SSSR count). The molecule has 0 spiro atoms. The largest absolute Gasteiger partial charge is 0.495 e. The quantitative estimate of drug-likeness (QED) is 0.862. The van der Waals surface area contributed by atoms with Gasteiger partial charge in [0, 0.05) is 4.47 Å². The molecule has 0 atom stereocenters. The van der Waals surface area contributed by atoms with Crippen LogP contribution in [-0.4, -0.2) is 23.9 Å². The van der Waals surface area contributed by atoms with Crippen molar-refractivity contribution in [2.75, 3.05) is 12.9 Å². The van der Waals surface area contributed by atoms with E-state index in [1.165, 1.54) is 11.8 Å². The Balaban J connectivity index is 3.31. The summed E-state index contributed by atoms with van der Waals surface area (Å²) < 4.78 is 6.41. The van der Waals surface area contributed by atoms with Gasteiger partial charge in [0.05, 0.1) is 17.8 Å². The van der Waals surface area contributed by atoms with Crippen LogP contribution in [0.3, 0.4) is 0 Å². The minimum atomic E-state index is -0.828. The topological polar surface area (TPSA) is 46.5 Å². The van der Waals surface area contributed by atoms with E-state index >= 15 is 0 Å². The van der Waals surface area contributed by atoms with E-state index in [1.54, 1.807) is 7.11 Å². The number of carboxylic acid groups (broad SMARTS) is 1. The molecule has 3 nitrogen and oxygen atoms in total. The number of carbonyl (C=O) groups is 1. The molecule has 17 heavy (non-hydrogen) atoms. The predicted molar refractivity (Wildman–Crippen MR) is 73.3 cm³/mol. The normalized spacial score (nSPS) is 10.4. The molecule has 0 aliphatic heterocycles. The van der Waals surface area contributed by atoms with Gasteiger partial charge in [0.1, 0.15) is 5.75 Å². The fraction of sp³-hybridized carbons (Fsp3) is 0.417. The zero-order valence-corrected chi connectivity index (χ0v) is 12.7. The lowest BCUT2D eigenvalue weighted by Crippen LogP contribution is -2.02. The first-order valence-electron chi connectivity index (χ1n) is 5.08. The highest BCUT2D eigenvalue weighted by Crippen LogP contribution is 2.41. The number of halogens is 1. The SMILES string of the molecule is COc1c(C)c(C)c(Br)c(C)c1SCC(=O)O. The maximum Gasteiger partial charge on any atom is 0.313 e. The fourth-order valence-electron chi connectivity index (χ4n) is 1.61. The van der Waals surface area contributed by atoms with Gasteiger partial charge in [-0.15, -0.1) is 11.8 Å². The van der Waals surface area contributed by atoms with Gasteiger partial charge in [0.2, 0.25) is 0 Å². The van der Waals surface area contributed by atoms with Gasteiger partial charge < -0.3 is 9.84 Å². The summed E-state index contributed by atoms with van der Waals surface area (Å²) in [5.41, 5.74) is 3.19. The van der Waals surface area contributed by atoms with Crippen molar-refractivity contribution in [3.05, 3.63) is 21.2 Å². The van der Waals surface area contributed by atoms with E-state index in [9.17, 15) is 4.79 Å². The first kappa shape index (κ1) is 14.4. The standard InChI is InChI=1S/C12H15BrO3S/c1-6-7(2)11(16-4)12(8(3)10(6)13)17-5-9(14)15/h5H2,1-4H3,(H,14,15). The summed E-state index contributed by atoms with van der Waals surface area (Å²) in [7, 11) is 1.61. The molecule has 0 heterocycles. The van der Waals surface area contributed by atoms with Crippen LogP contribution in [0, 0.1) is 20.8 Å². The number of benzene rings is 1. The van der Waals surface area contributed by atoms with Crippen molar-refractivity contribution < 1.29 is 14.6 Å². The highest BCUT2D eigenvalue weighted by molar-refractivity contribution is 9.10. The van der Waals surface area contributed by atoms with Gasteiger partial charge in [-0.1, -0.05) is 15.9 Å². The molecule has 0 unspecified atom stereocenters. The molecule has 1 N–H and O–H groups in total. The summed E-state index contributed by atoms with van der Waals surface area (Å²) in [6, 6.07) is 0. The van der Waals surface area contributed by atoms with E-state index in [1.807, 2.05) is 20.8 Å². The third-order valence-corrected chi connectivity index (χ3v) is 5.01. The summed E-state index contributed by atoms with van der Waals surface area (Å²) in [4.78, 5) is 11.5. The molecule has 0 aliphatic rings. The fourth-order valence-corrected chi connectivity index (χ4v) is 3.19. The number of aliphatic carboxylic acids is 1. The minimum absolute atomic E-state index is 0.0339. The van der Waals surface area contributed by atoms with Crippen molar-refractivity contribution in [2.24, 2.45) is 0 Å². The van der Waals surface area contributed by atoms with Crippen LogP contribution in [-0.2, 0) is 4.79 Å². The number of ether oxygens (including phenoxy) is 1. The van der Waals surface area contributed by atoms with Crippen LogP contribution < -0.4 is 4.74 Å². The average Bonchev–Trinajstić information content (AvgIpc) is 2.29. The average molecular weight is 319 g/mol. The summed E-state index contributed by atoms with van der Waals surface area (Å²) >= 11 is 4.82. The Morgan fingerprint density at radius 3 is 2.35 bits per heavy atom. The van der Waals surface area contributed by atoms with E-state index in [-0.39, 0.29) is 5.75 Å². The minimum Gasteiger partial charge on any atom is -0.495 e. The monoisotopic (exact) mass is 318 g/mol. The molecular weight excluding hydrogens is 304 g/mol. The maximum absolute atomic E-state index is 10.6. The van der Waals surface area contributed by atoms with Crippen LogP contribution in [0.15, 0.2) is 9.37 Å². The van der Waals surface area contributed by atoms with Crippen LogP contribution in [0.2, 0.25) is 0 Å². The molecular formula is C12H15BrO3S. The van der Waals surface area contributed by atoms with Crippen LogP contribution in [0.5, 0.6) is 5.75 Å². The lowest BCUT2D eigenvalue weighted by Gasteiger charge is -2.17. The molecule has 0 fully saturated rings. The highest BCUT2D eigenvalue weighted by atomic mass is 79.9. The van der Waals surface area contributed by atoms with Gasteiger partial charge in [0.25, 0.3) is 0 Å². The molecule has 0 saturated heterocycles. The maximum atomic E-state index is 10.6. The number of hydrogen-bond acceptors (Lipinski definition) is 3. The zero-order chi connectivity index (χ0) is 13.2. The van der Waals surface area contributed by atoms with E-state index in [4.69, 9.17) is 9.84 Å². The third kappa shape index (κ3) is 2.96. The molecule has 94 valence electrons. The number of thioether (sulfide) groups is 1. The molecule has 1 aromatic rings. The molecule has 0 saturated carbocycles. The van der Waals surface area contributed by atoms with E-state index in [0.29, 0.717) is 0 Å². The van der Waals surface area contributed by atoms with Crippen molar-refractivity contribution in [2.45, 2.75) is 25.7 Å². The van der Waals surface area contributed by atoms with Gasteiger partial charge in [-0.2, -0.15) is 0 Å². The number of rotatable bonds is 4. The van der Waals surface area contributed by atoms with Crippen LogP contribution in [0.1, 0.15) is 16.7 Å². The van der Waals surface area contributed by atoms with E-state index in [0.717, 1.165) is 31.8 Å². The number of hydrogen-bond donors (Lipinski definition) is 1. The van der Waals surface area contributed by atoms with E-state index in [2.05, 4.69) is 15.9 Å². The number of carboxylic acids is 1. The first-order chi connectivity index (χ1) is 7.90. The number of methoxy groups -OCH3 is 1. The molecule has 0 bridgehead atoms. The lowest BCUT2D eigenvalue weighted by molar-refractivity contribution is -0.133. The second-order valence-electron chi connectivity index (χ2n) is 3.73. The Kier molecular flexibility index (Phi) is 4.89. The Labute approximate surface area is 114 Å². The third-order valence-electron chi connectivity index (χ3n) is 2.65. The summed E-state index contributed by atoms with van der Waals surface area (Å²) in [6.07, 6.45) is 0. The molecule has 0 aromatic heterocycles. The second kappa shape index (κ2) is 5.78. The second-order valence-corrected chi connectivity index (χ2v) is 5.51. The first-order valence-corrected chi connectivity index (χ1v) is 6.85. The zero-order valence-electron chi connectivity index (χ0n) is 10.3. The summed E-state index contributed by atoms with van der Waals surface area (Å²) in [6.45, 7) is 5.95.